The van der Waals surface area contributed by atoms with Gasteiger partial charge in [0, 0.05) is 60.1 Å². The number of benzene rings is 5. The molecule has 3 aliphatic heterocycles. The molecule has 2 fully saturated rings. The average Bonchev–Trinajstić information content (AvgIpc) is 1.69. The van der Waals surface area contributed by atoms with Crippen molar-refractivity contribution < 1.29 is 0 Å². The van der Waals surface area contributed by atoms with E-state index < -0.39 is 0 Å². The molecule has 2 saturated carbocycles. The summed E-state index contributed by atoms with van der Waals surface area (Å²) >= 11 is 2.11. The number of rotatable bonds is 4. The van der Waals surface area contributed by atoms with Crippen molar-refractivity contribution in [3.05, 3.63) is 147 Å². The van der Waals surface area contributed by atoms with E-state index in [2.05, 4.69) is 262 Å². The first kappa shape index (κ1) is 57.1. The van der Waals surface area contributed by atoms with Crippen molar-refractivity contribution in [1.29, 1.82) is 0 Å². The van der Waals surface area contributed by atoms with Gasteiger partial charge in [-0.2, -0.15) is 0 Å². The van der Waals surface area contributed by atoms with Crippen LogP contribution in [-0.4, -0.2) is 12.3 Å². The Balaban J connectivity index is 1.19. The summed E-state index contributed by atoms with van der Waals surface area (Å²) in [6.45, 7) is 52.2. The third-order valence-corrected chi connectivity index (χ3v) is 24.9. The molecule has 0 N–H and O–H groups in total. The van der Waals surface area contributed by atoms with Crippen molar-refractivity contribution in [3.63, 3.8) is 0 Å². The second kappa shape index (κ2) is 18.0. The van der Waals surface area contributed by atoms with Crippen LogP contribution >= 0.6 is 11.3 Å². The molecule has 0 radical (unpaired) electrons. The van der Waals surface area contributed by atoms with Crippen LogP contribution in [0.1, 0.15) is 255 Å². The Kier molecular flexibility index (Phi) is 12.4. The van der Waals surface area contributed by atoms with Crippen LogP contribution in [0, 0.1) is 10.8 Å². The molecule has 4 aliphatic carbocycles. The molecule has 1 aromatic heterocycles. The van der Waals surface area contributed by atoms with Gasteiger partial charge >= 0.3 is 0 Å². The maximum absolute atomic E-state index is 2.89. The Morgan fingerprint density at radius 3 is 1.65 bits per heavy atom. The molecular formula is C78H100BN3S. The highest BCUT2D eigenvalue weighted by Crippen LogP contribution is 2.63. The van der Waals surface area contributed by atoms with Gasteiger partial charge < -0.3 is 14.7 Å². The number of thiophene rings is 1. The van der Waals surface area contributed by atoms with Crippen molar-refractivity contribution in [1.82, 2.24) is 0 Å². The molecule has 7 aliphatic rings. The normalized spacial score (nSPS) is 25.7. The van der Waals surface area contributed by atoms with Gasteiger partial charge in [-0.05, 0) is 219 Å². The molecule has 2 unspecified atom stereocenters. The zero-order chi connectivity index (χ0) is 59.5. The predicted molar refractivity (Wildman–Crippen MR) is 363 cm³/mol. The molecule has 5 heteroatoms. The van der Waals surface area contributed by atoms with Gasteiger partial charge in [0.25, 0.3) is 6.71 Å². The predicted octanol–water partition coefficient (Wildman–Crippen LogP) is 21.5. The van der Waals surface area contributed by atoms with Gasteiger partial charge in [-0.15, -0.1) is 11.3 Å². The molecule has 436 valence electrons. The van der Waals surface area contributed by atoms with Crippen molar-refractivity contribution in [2.24, 2.45) is 10.8 Å². The fourth-order valence-corrected chi connectivity index (χ4v) is 18.7. The second-order valence-electron chi connectivity index (χ2n) is 34.3. The van der Waals surface area contributed by atoms with Crippen LogP contribution in [0.2, 0.25) is 0 Å². The number of fused-ring (bicyclic) bond motifs is 9. The molecule has 0 spiro atoms. The third kappa shape index (κ3) is 8.56. The Hall–Kier alpha value is -5.00. The van der Waals surface area contributed by atoms with E-state index >= 15 is 0 Å². The van der Waals surface area contributed by atoms with Crippen LogP contribution in [0.3, 0.4) is 0 Å². The van der Waals surface area contributed by atoms with E-state index in [1.54, 1.807) is 11.1 Å². The highest BCUT2D eigenvalue weighted by atomic mass is 32.1. The number of anilines is 7. The number of hydrogen-bond acceptors (Lipinski definition) is 4. The molecule has 5 aromatic carbocycles. The minimum atomic E-state index is -0.142. The van der Waals surface area contributed by atoms with Gasteiger partial charge in [0.1, 0.15) is 0 Å². The highest BCUT2D eigenvalue weighted by Gasteiger charge is 2.59. The fourth-order valence-electron chi connectivity index (χ4n) is 17.4. The molecule has 0 saturated heterocycles. The first-order valence-electron chi connectivity index (χ1n) is 32.5. The molecule has 0 amide bonds. The maximum Gasteiger partial charge on any atom is 0.264 e. The summed E-state index contributed by atoms with van der Waals surface area (Å²) in [7, 11) is 0. The lowest BCUT2D eigenvalue weighted by molar-refractivity contribution is 0.195. The summed E-state index contributed by atoms with van der Waals surface area (Å²) in [6, 6.07) is 36.0. The number of hydrogen-bond donors (Lipinski definition) is 0. The smallest absolute Gasteiger partial charge is 0.264 e. The minimum absolute atomic E-state index is 0.0251. The molecular weight excluding hydrogens is 1020 g/mol. The van der Waals surface area contributed by atoms with Gasteiger partial charge in [0.05, 0.1) is 11.2 Å². The van der Waals surface area contributed by atoms with Crippen molar-refractivity contribution in [2.75, 3.05) is 14.7 Å². The summed E-state index contributed by atoms with van der Waals surface area (Å²) in [5.41, 5.74) is 26.1. The lowest BCUT2D eigenvalue weighted by Crippen LogP contribution is -2.56. The molecule has 4 heterocycles. The molecule has 2 atom stereocenters. The van der Waals surface area contributed by atoms with E-state index in [1.807, 2.05) is 0 Å². The van der Waals surface area contributed by atoms with E-state index in [9.17, 15) is 0 Å². The standard InChI is InChI=1S/C78H100BN3S/c1-48-61(41-51-47-71(8,9)34-35-72(51,10)11)79-66-63(80(48)52-27-24-49(25-28-52)69(2,3)4)43-54(82-62-31-26-50(70(5,6)7)40-60(62)77(20)32-22-23-33-78(77,82)21)44-64(66)81(53-29-30-56-57(42-53)74(14,15)37-36-73(56,12)13)67-55-45-58-59(46-65(55)83-68(67)79)76(18,19)39-38-75(58,16)17/h24-31,40-46H,22-23,32-39,47H2,1-21H3/b51-41+. The minimum Gasteiger partial charge on any atom is -0.334 e. The van der Waals surface area contributed by atoms with Gasteiger partial charge in [-0.1, -0.05) is 186 Å². The first-order chi connectivity index (χ1) is 38.5. The Morgan fingerprint density at radius 2 is 1.02 bits per heavy atom. The van der Waals surface area contributed by atoms with E-state index in [0.29, 0.717) is 0 Å². The zero-order valence-electron chi connectivity index (χ0n) is 55.3. The van der Waals surface area contributed by atoms with Gasteiger partial charge in [0.15, 0.2) is 0 Å². The highest BCUT2D eigenvalue weighted by molar-refractivity contribution is 7.33. The Labute approximate surface area is 506 Å². The van der Waals surface area contributed by atoms with Crippen LogP contribution < -0.4 is 24.9 Å². The maximum atomic E-state index is 2.89. The average molecular weight is 1120 g/mol. The largest absolute Gasteiger partial charge is 0.334 e. The fraction of sp³-hybridized carbons (Fsp3) is 0.538. The molecule has 83 heavy (non-hydrogen) atoms. The van der Waals surface area contributed by atoms with Gasteiger partial charge in [0.2, 0.25) is 0 Å². The second-order valence-corrected chi connectivity index (χ2v) is 35.4. The first-order valence-corrected chi connectivity index (χ1v) is 33.3. The lowest BCUT2D eigenvalue weighted by Gasteiger charge is -2.51. The number of allylic oxidation sites excluding steroid dienone is 4. The molecule has 13 rings (SSSR count). The van der Waals surface area contributed by atoms with Crippen LogP contribution in [-0.2, 0) is 37.9 Å². The van der Waals surface area contributed by atoms with Crippen LogP contribution in [0.4, 0.5) is 39.8 Å². The lowest BCUT2D eigenvalue weighted by atomic mass is 9.35. The summed E-state index contributed by atoms with van der Waals surface area (Å²) in [4.78, 5) is 8.47. The molecule has 6 aromatic rings. The van der Waals surface area contributed by atoms with Gasteiger partial charge in [-0.3, -0.25) is 0 Å². The SMILES string of the molecule is CC1=C(/C=C2\CC(C)(C)CCC2(C)C)B2c3sc4cc5c(cc4c3N(c3ccc4c(c3)C(C)(C)CCC4(C)C)c3cc(N4c6ccc(C(C)(C)C)cc6C6(C)CCCCC46C)cc(c32)N1c1ccc(C(C)(C)C)cc1)C(C)(C)CCC5(C)C. The van der Waals surface area contributed by atoms with E-state index in [4.69, 9.17) is 0 Å². The van der Waals surface area contributed by atoms with Crippen LogP contribution in [0.5, 0.6) is 0 Å². The van der Waals surface area contributed by atoms with Crippen LogP contribution in [0.25, 0.3) is 10.1 Å². The molecule has 3 nitrogen and oxygen atoms in total. The Bertz CT molecular complexity index is 3760. The van der Waals surface area contributed by atoms with E-state index in [1.165, 1.54) is 162 Å². The summed E-state index contributed by atoms with van der Waals surface area (Å²) in [5.74, 6) is 0. The van der Waals surface area contributed by atoms with Crippen molar-refractivity contribution in [3.8, 4) is 0 Å². The Morgan fingerprint density at radius 1 is 0.482 bits per heavy atom. The van der Waals surface area contributed by atoms with E-state index in [0.717, 1.165) is 12.8 Å². The monoisotopic (exact) mass is 1120 g/mol. The van der Waals surface area contributed by atoms with Crippen LogP contribution in [0.15, 0.2) is 108 Å². The summed E-state index contributed by atoms with van der Waals surface area (Å²) < 4.78 is 2.92. The quantitative estimate of drug-likeness (QED) is 0.163. The van der Waals surface area contributed by atoms with Crippen molar-refractivity contribution >= 4 is 78.2 Å². The molecule has 0 bridgehead atoms. The van der Waals surface area contributed by atoms with Crippen molar-refractivity contribution in [2.45, 2.75) is 259 Å². The van der Waals surface area contributed by atoms with Gasteiger partial charge in [-0.25, -0.2) is 0 Å². The summed E-state index contributed by atoms with van der Waals surface area (Å²) in [6.07, 6.45) is 15.9. The van der Waals surface area contributed by atoms with E-state index in [-0.39, 0.29) is 61.0 Å². The number of nitrogens with zero attached hydrogens (tertiary/aromatic N) is 3. The topological polar surface area (TPSA) is 9.72 Å². The third-order valence-electron chi connectivity index (χ3n) is 23.7. The summed E-state index contributed by atoms with van der Waals surface area (Å²) in [5, 5.41) is 1.42. The zero-order valence-corrected chi connectivity index (χ0v) is 56.1.